The van der Waals surface area contributed by atoms with Crippen molar-refractivity contribution in [2.75, 3.05) is 0 Å². The summed E-state index contributed by atoms with van der Waals surface area (Å²) >= 11 is 0. The van der Waals surface area contributed by atoms with E-state index in [1.54, 1.807) is 0 Å². The summed E-state index contributed by atoms with van der Waals surface area (Å²) in [4.78, 5) is 0. The van der Waals surface area contributed by atoms with Crippen molar-refractivity contribution < 1.29 is 0 Å². The highest BCUT2D eigenvalue weighted by Gasteiger charge is 2.09. The number of hydrogen-bond donors (Lipinski definition) is 0. The van der Waals surface area contributed by atoms with E-state index in [0.717, 1.165) is 0 Å². The first-order valence-electron chi connectivity index (χ1n) is 7.72. The summed E-state index contributed by atoms with van der Waals surface area (Å²) in [5, 5.41) is 5.28. The minimum atomic E-state index is 1.30. The third-order valence-corrected chi connectivity index (χ3v) is 4.49. The normalized spacial score (nSPS) is 11.2. The maximum Gasteiger partial charge on any atom is -0.00758 e. The van der Waals surface area contributed by atoms with Gasteiger partial charge in [-0.25, -0.2) is 0 Å². The fourth-order valence-corrected chi connectivity index (χ4v) is 3.41. The summed E-state index contributed by atoms with van der Waals surface area (Å²) in [5.74, 6) is 0. The summed E-state index contributed by atoms with van der Waals surface area (Å²) in [5.41, 5.74) is 5.33. The standard InChI is InChI=1S/C22H18/c1-15-11-12-17-7-3-6-10-21(17)22(15)19-13-16(2)20-9-5-4-8-18(20)14-19/h3-14H,1-2H3. The maximum atomic E-state index is 2.32. The first-order valence-corrected chi connectivity index (χ1v) is 7.72. The molecular weight excluding hydrogens is 264 g/mol. The molecule has 0 atom stereocenters. The molecule has 22 heavy (non-hydrogen) atoms. The van der Waals surface area contributed by atoms with Crippen molar-refractivity contribution in [1.82, 2.24) is 0 Å². The highest BCUT2D eigenvalue weighted by molar-refractivity contribution is 6.01. The van der Waals surface area contributed by atoms with Gasteiger partial charge in [0, 0.05) is 0 Å². The molecule has 106 valence electrons. The minimum Gasteiger partial charge on any atom is -0.0616 e. The predicted molar refractivity (Wildman–Crippen MR) is 96.4 cm³/mol. The van der Waals surface area contributed by atoms with E-state index in [2.05, 4.69) is 86.6 Å². The quantitative estimate of drug-likeness (QED) is 0.385. The Morgan fingerprint density at radius 2 is 1.23 bits per heavy atom. The van der Waals surface area contributed by atoms with E-state index in [9.17, 15) is 0 Å². The van der Waals surface area contributed by atoms with E-state index >= 15 is 0 Å². The minimum absolute atomic E-state index is 1.30. The average Bonchev–Trinajstić information content (AvgIpc) is 2.54. The zero-order valence-corrected chi connectivity index (χ0v) is 12.9. The lowest BCUT2D eigenvalue weighted by Crippen LogP contribution is -1.88. The lowest BCUT2D eigenvalue weighted by Gasteiger charge is -2.13. The Balaban J connectivity index is 2.09. The number of rotatable bonds is 1. The van der Waals surface area contributed by atoms with Crippen LogP contribution < -0.4 is 0 Å². The van der Waals surface area contributed by atoms with Crippen LogP contribution in [0.3, 0.4) is 0 Å². The molecule has 0 aliphatic heterocycles. The third-order valence-electron chi connectivity index (χ3n) is 4.49. The summed E-state index contributed by atoms with van der Waals surface area (Å²) in [6, 6.07) is 26.3. The van der Waals surface area contributed by atoms with Gasteiger partial charge >= 0.3 is 0 Å². The van der Waals surface area contributed by atoms with Gasteiger partial charge in [0.05, 0.1) is 0 Å². The maximum absolute atomic E-state index is 2.32. The van der Waals surface area contributed by atoms with Gasteiger partial charge in [0.15, 0.2) is 0 Å². The van der Waals surface area contributed by atoms with Gasteiger partial charge in [0.25, 0.3) is 0 Å². The molecule has 0 spiro atoms. The van der Waals surface area contributed by atoms with Crippen LogP contribution in [0, 0.1) is 13.8 Å². The predicted octanol–water partition coefficient (Wildman–Crippen LogP) is 6.28. The molecule has 0 fully saturated rings. The van der Waals surface area contributed by atoms with Gasteiger partial charge in [-0.1, -0.05) is 66.7 Å². The van der Waals surface area contributed by atoms with Crippen LogP contribution in [0.1, 0.15) is 11.1 Å². The second-order valence-electron chi connectivity index (χ2n) is 5.99. The fraction of sp³-hybridized carbons (Fsp3) is 0.0909. The Morgan fingerprint density at radius 3 is 2.05 bits per heavy atom. The van der Waals surface area contributed by atoms with E-state index in [1.807, 2.05) is 0 Å². The molecule has 0 heterocycles. The second-order valence-corrected chi connectivity index (χ2v) is 5.99. The van der Waals surface area contributed by atoms with E-state index < -0.39 is 0 Å². The van der Waals surface area contributed by atoms with E-state index in [0.29, 0.717) is 0 Å². The Kier molecular flexibility index (Phi) is 2.97. The second kappa shape index (κ2) is 4.99. The van der Waals surface area contributed by atoms with Gasteiger partial charge in [-0.05, 0) is 63.7 Å². The SMILES string of the molecule is Cc1ccc2ccccc2c1-c1cc(C)c2ccccc2c1. The Hall–Kier alpha value is -2.60. The molecule has 0 aliphatic rings. The number of aryl methyl sites for hydroxylation is 2. The van der Waals surface area contributed by atoms with Crippen LogP contribution in [-0.4, -0.2) is 0 Å². The third kappa shape index (κ3) is 2.00. The van der Waals surface area contributed by atoms with E-state index in [-0.39, 0.29) is 0 Å². The van der Waals surface area contributed by atoms with Crippen LogP contribution in [0.5, 0.6) is 0 Å². The molecule has 0 N–H and O–H groups in total. The van der Waals surface area contributed by atoms with Crippen LogP contribution in [0.25, 0.3) is 32.7 Å². The molecule has 0 bridgehead atoms. The zero-order valence-electron chi connectivity index (χ0n) is 12.9. The first-order chi connectivity index (χ1) is 10.7. The van der Waals surface area contributed by atoms with Gasteiger partial charge in [0.1, 0.15) is 0 Å². The molecule has 0 heteroatoms. The number of hydrogen-bond acceptors (Lipinski definition) is 0. The fourth-order valence-electron chi connectivity index (χ4n) is 3.41. The van der Waals surface area contributed by atoms with Crippen LogP contribution >= 0.6 is 0 Å². The van der Waals surface area contributed by atoms with Gasteiger partial charge in [-0.2, -0.15) is 0 Å². The molecule has 0 saturated heterocycles. The first kappa shape index (κ1) is 13.1. The molecule has 0 unspecified atom stereocenters. The lowest BCUT2D eigenvalue weighted by atomic mass is 9.91. The van der Waals surface area contributed by atoms with Gasteiger partial charge in [-0.15, -0.1) is 0 Å². The number of fused-ring (bicyclic) bond motifs is 2. The molecule has 0 amide bonds. The molecule has 4 aromatic carbocycles. The zero-order chi connectivity index (χ0) is 15.1. The smallest absolute Gasteiger partial charge is 0.00758 e. The van der Waals surface area contributed by atoms with Crippen molar-refractivity contribution in [3.05, 3.63) is 83.9 Å². The van der Waals surface area contributed by atoms with Gasteiger partial charge in [-0.3, -0.25) is 0 Å². The summed E-state index contributed by atoms with van der Waals surface area (Å²) in [7, 11) is 0. The molecule has 0 nitrogen and oxygen atoms in total. The van der Waals surface area contributed by atoms with Crippen molar-refractivity contribution in [3.8, 4) is 11.1 Å². The van der Waals surface area contributed by atoms with Crippen LogP contribution in [0.4, 0.5) is 0 Å². The highest BCUT2D eigenvalue weighted by atomic mass is 14.1. The summed E-state index contributed by atoms with van der Waals surface area (Å²) in [6.45, 7) is 4.40. The topological polar surface area (TPSA) is 0 Å². The molecular formula is C22H18. The summed E-state index contributed by atoms with van der Waals surface area (Å²) in [6.07, 6.45) is 0. The largest absolute Gasteiger partial charge is 0.0616 e. The Bertz CT molecular complexity index is 993. The Morgan fingerprint density at radius 1 is 0.545 bits per heavy atom. The monoisotopic (exact) mass is 282 g/mol. The van der Waals surface area contributed by atoms with Crippen molar-refractivity contribution in [2.24, 2.45) is 0 Å². The molecule has 0 aromatic heterocycles. The van der Waals surface area contributed by atoms with Gasteiger partial charge in [0.2, 0.25) is 0 Å². The van der Waals surface area contributed by atoms with Crippen LogP contribution in [0.15, 0.2) is 72.8 Å². The van der Waals surface area contributed by atoms with Crippen molar-refractivity contribution in [1.29, 1.82) is 0 Å². The molecule has 0 aliphatic carbocycles. The van der Waals surface area contributed by atoms with Crippen LogP contribution in [-0.2, 0) is 0 Å². The average molecular weight is 282 g/mol. The van der Waals surface area contributed by atoms with Crippen LogP contribution in [0.2, 0.25) is 0 Å². The van der Waals surface area contributed by atoms with Crippen molar-refractivity contribution in [3.63, 3.8) is 0 Å². The number of benzene rings is 4. The molecule has 4 rings (SSSR count). The van der Waals surface area contributed by atoms with E-state index in [1.165, 1.54) is 43.8 Å². The lowest BCUT2D eigenvalue weighted by molar-refractivity contribution is 1.47. The Labute approximate surface area is 131 Å². The molecule has 4 aromatic rings. The summed E-state index contributed by atoms with van der Waals surface area (Å²) < 4.78 is 0. The molecule has 0 saturated carbocycles. The van der Waals surface area contributed by atoms with Crippen molar-refractivity contribution >= 4 is 21.5 Å². The van der Waals surface area contributed by atoms with Gasteiger partial charge < -0.3 is 0 Å². The highest BCUT2D eigenvalue weighted by Crippen LogP contribution is 2.34. The molecule has 0 radical (unpaired) electrons. The van der Waals surface area contributed by atoms with Crippen molar-refractivity contribution in [2.45, 2.75) is 13.8 Å². The van der Waals surface area contributed by atoms with E-state index in [4.69, 9.17) is 0 Å².